The summed E-state index contributed by atoms with van der Waals surface area (Å²) in [5, 5.41) is 22.5. The van der Waals surface area contributed by atoms with E-state index in [0.29, 0.717) is 0 Å². The number of hydrogen-bond donors (Lipinski definition) is 4. The van der Waals surface area contributed by atoms with Crippen LogP contribution >= 0.6 is 0 Å². The predicted molar refractivity (Wildman–Crippen MR) is 64.2 cm³/mol. The molecular formula is C11H20N2O5. The van der Waals surface area contributed by atoms with Crippen LogP contribution in [0.15, 0.2) is 0 Å². The molecule has 7 heteroatoms. The summed E-state index contributed by atoms with van der Waals surface area (Å²) in [5.74, 6) is -2.77. The van der Waals surface area contributed by atoms with Crippen LogP contribution in [-0.4, -0.2) is 46.7 Å². The largest absolute Gasteiger partial charge is 0.481 e. The predicted octanol–water partition coefficient (Wildman–Crippen LogP) is -0.191. The lowest BCUT2D eigenvalue weighted by Crippen LogP contribution is -2.46. The van der Waals surface area contributed by atoms with Crippen molar-refractivity contribution in [3.8, 4) is 0 Å². The number of amides is 1. The Morgan fingerprint density at radius 3 is 2.28 bits per heavy atom. The average molecular weight is 260 g/mol. The molecule has 0 aromatic heterocycles. The first kappa shape index (κ1) is 16.4. The van der Waals surface area contributed by atoms with E-state index in [1.165, 1.54) is 0 Å². The van der Waals surface area contributed by atoms with Crippen LogP contribution in [0.4, 0.5) is 0 Å². The highest BCUT2D eigenvalue weighted by molar-refractivity contribution is 5.85. The van der Waals surface area contributed by atoms with Crippen LogP contribution in [0.1, 0.15) is 33.1 Å². The molecule has 0 aliphatic carbocycles. The summed E-state index contributed by atoms with van der Waals surface area (Å²) < 4.78 is 0. The summed E-state index contributed by atoms with van der Waals surface area (Å²) in [4.78, 5) is 32.6. The minimum absolute atomic E-state index is 0.0197. The fourth-order valence-corrected chi connectivity index (χ4v) is 1.18. The summed E-state index contributed by atoms with van der Waals surface area (Å²) >= 11 is 0. The molecule has 7 nitrogen and oxygen atoms in total. The molecule has 18 heavy (non-hydrogen) atoms. The number of rotatable bonds is 9. The molecule has 104 valence electrons. The van der Waals surface area contributed by atoms with E-state index in [0.717, 1.165) is 6.42 Å². The van der Waals surface area contributed by atoms with Crippen LogP contribution in [0.3, 0.4) is 0 Å². The van der Waals surface area contributed by atoms with Gasteiger partial charge in [0.15, 0.2) is 0 Å². The summed E-state index contributed by atoms with van der Waals surface area (Å²) in [6, 6.07) is -0.995. The maximum Gasteiger partial charge on any atom is 0.326 e. The van der Waals surface area contributed by atoms with E-state index in [1.54, 1.807) is 0 Å². The third kappa shape index (κ3) is 7.61. The highest BCUT2D eigenvalue weighted by atomic mass is 16.4. The quantitative estimate of drug-likeness (QED) is 0.456. The number of nitrogens with one attached hydrogen (secondary N) is 2. The third-order valence-electron chi connectivity index (χ3n) is 2.50. The van der Waals surface area contributed by atoms with E-state index in [-0.39, 0.29) is 25.4 Å². The molecular weight excluding hydrogens is 240 g/mol. The van der Waals surface area contributed by atoms with E-state index in [1.807, 2.05) is 13.8 Å². The van der Waals surface area contributed by atoms with Gasteiger partial charge in [-0.25, -0.2) is 4.79 Å². The molecule has 0 fully saturated rings. The number of carbonyl (C=O) groups excluding carboxylic acids is 1. The Morgan fingerprint density at radius 1 is 1.22 bits per heavy atom. The lowest BCUT2D eigenvalue weighted by molar-refractivity contribution is -0.142. The van der Waals surface area contributed by atoms with E-state index in [9.17, 15) is 14.4 Å². The van der Waals surface area contributed by atoms with Crippen LogP contribution in [0.2, 0.25) is 0 Å². The Balaban J connectivity index is 4.11. The molecule has 0 aromatic carbocycles. The van der Waals surface area contributed by atoms with E-state index in [4.69, 9.17) is 10.2 Å². The first-order chi connectivity index (χ1) is 8.36. The van der Waals surface area contributed by atoms with Gasteiger partial charge in [0.2, 0.25) is 5.91 Å². The van der Waals surface area contributed by atoms with Gasteiger partial charge >= 0.3 is 11.9 Å². The van der Waals surface area contributed by atoms with Gasteiger partial charge in [0, 0.05) is 12.5 Å². The van der Waals surface area contributed by atoms with Crippen LogP contribution in [0, 0.1) is 0 Å². The zero-order valence-electron chi connectivity index (χ0n) is 10.6. The number of carboxylic acid groups (broad SMARTS) is 2. The maximum absolute atomic E-state index is 11.4. The van der Waals surface area contributed by atoms with E-state index >= 15 is 0 Å². The number of hydrogen-bond acceptors (Lipinski definition) is 4. The van der Waals surface area contributed by atoms with Crippen LogP contribution in [0.25, 0.3) is 0 Å². The van der Waals surface area contributed by atoms with Crippen LogP contribution in [0.5, 0.6) is 0 Å². The second kappa shape index (κ2) is 8.46. The number of carbonyl (C=O) groups is 3. The van der Waals surface area contributed by atoms with Crippen molar-refractivity contribution < 1.29 is 24.6 Å². The fourth-order valence-electron chi connectivity index (χ4n) is 1.18. The van der Waals surface area contributed by atoms with E-state index in [2.05, 4.69) is 10.6 Å². The molecule has 4 N–H and O–H groups in total. The van der Waals surface area contributed by atoms with Gasteiger partial charge < -0.3 is 20.8 Å². The Hall–Kier alpha value is -1.63. The summed E-state index contributed by atoms with van der Waals surface area (Å²) in [6.45, 7) is 3.89. The lowest BCUT2D eigenvalue weighted by Gasteiger charge is -2.15. The van der Waals surface area contributed by atoms with Crippen LogP contribution in [-0.2, 0) is 14.4 Å². The second-order valence-corrected chi connectivity index (χ2v) is 4.08. The summed E-state index contributed by atoms with van der Waals surface area (Å²) in [6.07, 6.45) is 0.435. The van der Waals surface area contributed by atoms with Crippen molar-refractivity contribution in [3.05, 3.63) is 0 Å². The van der Waals surface area contributed by atoms with Crippen molar-refractivity contribution in [3.63, 3.8) is 0 Å². The van der Waals surface area contributed by atoms with Crippen molar-refractivity contribution in [2.45, 2.75) is 45.2 Å². The van der Waals surface area contributed by atoms with Gasteiger partial charge in [-0.3, -0.25) is 9.59 Å². The molecule has 0 saturated carbocycles. The Morgan fingerprint density at radius 2 is 1.83 bits per heavy atom. The van der Waals surface area contributed by atoms with Gasteiger partial charge in [-0.1, -0.05) is 6.92 Å². The minimum atomic E-state index is -1.23. The van der Waals surface area contributed by atoms with Crippen molar-refractivity contribution >= 4 is 17.8 Å². The normalized spacial score (nSPS) is 13.7. The van der Waals surface area contributed by atoms with Gasteiger partial charge in [0.25, 0.3) is 0 Å². The topological polar surface area (TPSA) is 116 Å². The number of aliphatic carboxylic acids is 2. The fraction of sp³-hybridized carbons (Fsp3) is 0.727. The lowest BCUT2D eigenvalue weighted by atomic mass is 10.1. The third-order valence-corrected chi connectivity index (χ3v) is 2.50. The molecule has 0 radical (unpaired) electrons. The van der Waals surface area contributed by atoms with Crippen molar-refractivity contribution in [2.24, 2.45) is 0 Å². The molecule has 1 amide bonds. The van der Waals surface area contributed by atoms with Crippen molar-refractivity contribution in [1.29, 1.82) is 0 Å². The van der Waals surface area contributed by atoms with Crippen molar-refractivity contribution in [2.75, 3.05) is 6.54 Å². The first-order valence-corrected chi connectivity index (χ1v) is 5.84. The molecule has 0 spiro atoms. The zero-order valence-corrected chi connectivity index (χ0v) is 10.6. The molecule has 1 unspecified atom stereocenters. The maximum atomic E-state index is 11.4. The smallest absolute Gasteiger partial charge is 0.326 e. The van der Waals surface area contributed by atoms with Gasteiger partial charge in [-0.15, -0.1) is 0 Å². The van der Waals surface area contributed by atoms with Crippen molar-refractivity contribution in [1.82, 2.24) is 10.6 Å². The highest BCUT2D eigenvalue weighted by Gasteiger charge is 2.20. The molecule has 0 aliphatic heterocycles. The standard InChI is InChI=1S/C11H20N2O5/c1-3-7(2)12-6-9(14)13-8(11(17)18)4-5-10(15)16/h7-8,12H,3-6H2,1-2H3,(H,13,14)(H,15,16)(H,17,18)/t7?,8-/m0/s1. The van der Waals surface area contributed by atoms with Gasteiger partial charge in [0.1, 0.15) is 6.04 Å². The minimum Gasteiger partial charge on any atom is -0.481 e. The molecule has 0 rings (SSSR count). The molecule has 0 heterocycles. The summed E-state index contributed by atoms with van der Waals surface area (Å²) in [7, 11) is 0. The number of carboxylic acids is 2. The van der Waals surface area contributed by atoms with Crippen LogP contribution < -0.4 is 10.6 Å². The molecule has 2 atom stereocenters. The second-order valence-electron chi connectivity index (χ2n) is 4.08. The molecule has 0 aliphatic rings. The monoisotopic (exact) mass is 260 g/mol. The molecule has 0 aromatic rings. The Bertz CT molecular complexity index is 306. The SMILES string of the molecule is CCC(C)NCC(=O)N[C@@H](CCC(=O)O)C(=O)O. The molecule has 0 bridgehead atoms. The van der Waals surface area contributed by atoms with Gasteiger partial charge in [-0.05, 0) is 19.8 Å². The van der Waals surface area contributed by atoms with Gasteiger partial charge in [0.05, 0.1) is 6.54 Å². The Labute approximate surface area is 106 Å². The Kier molecular flexibility index (Phi) is 7.69. The first-order valence-electron chi connectivity index (χ1n) is 5.84. The van der Waals surface area contributed by atoms with Gasteiger partial charge in [-0.2, -0.15) is 0 Å². The molecule has 0 saturated heterocycles. The van der Waals surface area contributed by atoms with E-state index < -0.39 is 23.9 Å². The highest BCUT2D eigenvalue weighted by Crippen LogP contribution is 1.98. The summed E-state index contributed by atoms with van der Waals surface area (Å²) in [5.41, 5.74) is 0. The average Bonchev–Trinajstić information content (AvgIpc) is 2.30. The zero-order chi connectivity index (χ0) is 14.1.